The Morgan fingerprint density at radius 3 is 2.02 bits per heavy atom. The first-order chi connectivity index (χ1) is 25.0. The summed E-state index contributed by atoms with van der Waals surface area (Å²) in [6.07, 6.45) is 4.33. The third-order valence-electron chi connectivity index (χ3n) is 11.4. The second-order valence-corrected chi connectivity index (χ2v) is 14.5. The molecule has 0 nitrogen and oxygen atoms in total. The third kappa shape index (κ3) is 4.46. The molecule has 2 aliphatic carbocycles. The van der Waals surface area contributed by atoms with Crippen LogP contribution in [0.3, 0.4) is 0 Å². The molecule has 0 fully saturated rings. The monoisotopic (exact) mass is 648 g/mol. The second-order valence-electron chi connectivity index (χ2n) is 14.5. The molecule has 0 saturated carbocycles. The van der Waals surface area contributed by atoms with E-state index in [0.717, 1.165) is 5.57 Å². The van der Waals surface area contributed by atoms with E-state index in [4.69, 9.17) is 0 Å². The first-order valence-electron chi connectivity index (χ1n) is 17.9. The molecule has 0 atom stereocenters. The number of benzene rings is 8. The second kappa shape index (κ2) is 11.1. The fourth-order valence-electron chi connectivity index (χ4n) is 8.89. The van der Waals surface area contributed by atoms with Gasteiger partial charge in [-0.3, -0.25) is 0 Å². The lowest BCUT2D eigenvalue weighted by Crippen LogP contribution is -2.26. The molecule has 0 unspecified atom stereocenters. The summed E-state index contributed by atoms with van der Waals surface area (Å²) in [7, 11) is 0. The van der Waals surface area contributed by atoms with Crippen molar-refractivity contribution in [2.75, 3.05) is 0 Å². The summed E-state index contributed by atoms with van der Waals surface area (Å²) in [5.41, 5.74) is 16.8. The van der Waals surface area contributed by atoms with Crippen molar-refractivity contribution in [3.8, 4) is 44.5 Å². The highest BCUT2D eigenvalue weighted by molar-refractivity contribution is 6.18. The quantitative estimate of drug-likeness (QED) is 0.178. The van der Waals surface area contributed by atoms with Crippen LogP contribution in [-0.4, -0.2) is 0 Å². The van der Waals surface area contributed by atoms with Gasteiger partial charge in [-0.05, 0) is 129 Å². The van der Waals surface area contributed by atoms with Crippen molar-refractivity contribution in [2.45, 2.75) is 19.3 Å². The first-order valence-corrected chi connectivity index (χ1v) is 17.9. The fraction of sp³-hybridized carbons (Fsp3) is 0.0588. The van der Waals surface area contributed by atoms with Crippen LogP contribution < -0.4 is 10.4 Å². The van der Waals surface area contributed by atoms with Gasteiger partial charge in [0.15, 0.2) is 0 Å². The minimum atomic E-state index is -0.0540. The molecule has 0 spiro atoms. The van der Waals surface area contributed by atoms with Crippen LogP contribution in [0.25, 0.3) is 77.7 Å². The van der Waals surface area contributed by atoms with Crippen LogP contribution in [0, 0.1) is 0 Å². The summed E-state index contributed by atoms with van der Waals surface area (Å²) in [4.78, 5) is 0. The molecule has 8 aromatic carbocycles. The molecule has 0 amide bonds. The van der Waals surface area contributed by atoms with Gasteiger partial charge in [-0.2, -0.15) is 0 Å². The van der Waals surface area contributed by atoms with E-state index in [2.05, 4.69) is 184 Å². The Hall–Kier alpha value is -6.24. The Morgan fingerprint density at radius 2 is 1.18 bits per heavy atom. The fourth-order valence-corrected chi connectivity index (χ4v) is 8.89. The first kappa shape index (κ1) is 29.7. The van der Waals surface area contributed by atoms with Crippen LogP contribution in [-0.2, 0) is 5.41 Å². The molecule has 0 radical (unpaired) electrons. The van der Waals surface area contributed by atoms with Gasteiger partial charge in [0, 0.05) is 5.41 Å². The molecule has 0 heterocycles. The minimum absolute atomic E-state index is 0.0540. The van der Waals surface area contributed by atoms with Crippen molar-refractivity contribution in [2.24, 2.45) is 0 Å². The lowest BCUT2D eigenvalue weighted by molar-refractivity contribution is 0.660. The number of fused-ring (bicyclic) bond motifs is 7. The van der Waals surface area contributed by atoms with E-state index in [1.165, 1.54) is 98.7 Å². The average Bonchev–Trinajstić information content (AvgIpc) is 3.62. The topological polar surface area (TPSA) is 0 Å². The Balaban J connectivity index is 1.08. The molecule has 51 heavy (non-hydrogen) atoms. The normalized spacial score (nSPS) is 14.4. The zero-order chi connectivity index (χ0) is 34.3. The number of rotatable bonds is 4. The van der Waals surface area contributed by atoms with Crippen molar-refractivity contribution < 1.29 is 0 Å². The van der Waals surface area contributed by atoms with Crippen molar-refractivity contribution in [1.82, 2.24) is 0 Å². The number of hydrogen-bond donors (Lipinski definition) is 0. The highest BCUT2D eigenvalue weighted by Crippen LogP contribution is 2.50. The van der Waals surface area contributed by atoms with Crippen molar-refractivity contribution in [1.29, 1.82) is 0 Å². The molecule has 0 saturated heterocycles. The molecule has 0 bridgehead atoms. The van der Waals surface area contributed by atoms with Crippen molar-refractivity contribution in [3.63, 3.8) is 0 Å². The predicted octanol–water partition coefficient (Wildman–Crippen LogP) is 11.8. The van der Waals surface area contributed by atoms with E-state index in [1.54, 1.807) is 0 Å². The summed E-state index contributed by atoms with van der Waals surface area (Å²) < 4.78 is 0. The minimum Gasteiger partial charge on any atom is -0.0984 e. The molecule has 0 aliphatic heterocycles. The van der Waals surface area contributed by atoms with E-state index in [-0.39, 0.29) is 5.41 Å². The Labute approximate surface area is 299 Å². The molecule has 0 heteroatoms. The van der Waals surface area contributed by atoms with Gasteiger partial charge in [-0.25, -0.2) is 0 Å². The summed E-state index contributed by atoms with van der Waals surface area (Å²) in [6, 6.07) is 58.3. The van der Waals surface area contributed by atoms with Gasteiger partial charge in [0.1, 0.15) is 0 Å². The maximum absolute atomic E-state index is 4.31. The van der Waals surface area contributed by atoms with Gasteiger partial charge < -0.3 is 0 Å². The Morgan fingerprint density at radius 1 is 0.510 bits per heavy atom. The molecular weight excluding hydrogens is 613 g/mol. The largest absolute Gasteiger partial charge is 0.0984 e. The van der Waals surface area contributed by atoms with E-state index in [9.17, 15) is 0 Å². The van der Waals surface area contributed by atoms with Crippen molar-refractivity contribution >= 4 is 33.2 Å². The molecule has 240 valence electrons. The Bertz CT molecular complexity index is 2870. The Kier molecular flexibility index (Phi) is 6.48. The van der Waals surface area contributed by atoms with E-state index >= 15 is 0 Å². The zero-order valence-electron chi connectivity index (χ0n) is 28.9. The molecule has 2 aliphatic rings. The smallest absolute Gasteiger partial charge is 0.0159 e. The van der Waals surface area contributed by atoms with E-state index < -0.39 is 0 Å². The lowest BCUT2D eigenvalue weighted by Gasteiger charge is -2.22. The standard InChI is InChI=1S/C51H36/c1-4-38(36-24-25-44-43-16-9-10-19-48(43)51(2,3)49(44)31-36)39-13-6-5-12-34(39)28-32-20-21-33-22-23-35(30-37(33)29-32)40-26-27-47-42-15-8-7-14-41(42)46-18-11-17-45(40)50(46)47/h4-31H,1H2,2-3H3/b34-28+,39-38+. The van der Waals surface area contributed by atoms with Gasteiger partial charge in [0.2, 0.25) is 0 Å². The predicted molar refractivity (Wildman–Crippen MR) is 217 cm³/mol. The SMILES string of the molecule is C=C/C(c1ccc2c(c1)C(C)(C)c1ccccc1-2)=c1/cccc/c1=C\c1ccc2ccc(-c3ccc4c5c(cccc35)-c3ccccc3-4)cc2c1. The summed E-state index contributed by atoms with van der Waals surface area (Å²) >= 11 is 0. The third-order valence-corrected chi connectivity index (χ3v) is 11.4. The average molecular weight is 649 g/mol. The van der Waals surface area contributed by atoms with Crippen LogP contribution >= 0.6 is 0 Å². The van der Waals surface area contributed by atoms with Crippen LogP contribution in [0.4, 0.5) is 0 Å². The van der Waals surface area contributed by atoms with Gasteiger partial charge in [0.25, 0.3) is 0 Å². The lowest BCUT2D eigenvalue weighted by atomic mass is 9.81. The van der Waals surface area contributed by atoms with Crippen molar-refractivity contribution in [3.05, 3.63) is 203 Å². The number of allylic oxidation sites excluding steroid dienone is 1. The maximum Gasteiger partial charge on any atom is 0.0159 e. The van der Waals surface area contributed by atoms with Crippen LogP contribution in [0.2, 0.25) is 0 Å². The summed E-state index contributed by atoms with van der Waals surface area (Å²) in [5.74, 6) is 0. The van der Waals surface area contributed by atoms with Crippen LogP contribution in [0.1, 0.15) is 36.1 Å². The van der Waals surface area contributed by atoms with Gasteiger partial charge in [0.05, 0.1) is 0 Å². The van der Waals surface area contributed by atoms with Crippen LogP contribution in [0.5, 0.6) is 0 Å². The molecule has 10 rings (SSSR count). The maximum atomic E-state index is 4.31. The van der Waals surface area contributed by atoms with E-state index in [0.29, 0.717) is 0 Å². The van der Waals surface area contributed by atoms with Gasteiger partial charge in [-0.15, -0.1) is 0 Å². The zero-order valence-corrected chi connectivity index (χ0v) is 28.9. The molecule has 0 aromatic heterocycles. The highest BCUT2D eigenvalue weighted by Gasteiger charge is 2.35. The molecule has 8 aromatic rings. The molecule has 0 N–H and O–H groups in total. The molecular formula is C51H36. The number of hydrogen-bond acceptors (Lipinski definition) is 0. The summed E-state index contributed by atoms with van der Waals surface area (Å²) in [5, 5.41) is 7.51. The highest BCUT2D eigenvalue weighted by atomic mass is 14.4. The van der Waals surface area contributed by atoms with E-state index in [1.807, 2.05) is 6.08 Å². The van der Waals surface area contributed by atoms with Gasteiger partial charge in [-0.1, -0.05) is 166 Å². The summed E-state index contributed by atoms with van der Waals surface area (Å²) in [6.45, 7) is 8.99. The van der Waals surface area contributed by atoms with Gasteiger partial charge >= 0.3 is 0 Å². The van der Waals surface area contributed by atoms with Crippen LogP contribution in [0.15, 0.2) is 170 Å².